The largest absolute Gasteiger partial charge is 0.497 e. The first-order valence-electron chi connectivity index (χ1n) is 13.2. The van der Waals surface area contributed by atoms with Crippen LogP contribution in [0.2, 0.25) is 15.1 Å². The number of nitrogens with zero attached hydrogens (tertiary/aromatic N) is 2. The molecule has 1 amide bonds. The van der Waals surface area contributed by atoms with Crippen LogP contribution >= 0.6 is 34.8 Å². The summed E-state index contributed by atoms with van der Waals surface area (Å²) in [6.45, 7) is 1.86. The number of hydrogen-bond donors (Lipinski definition) is 1. The highest BCUT2D eigenvalue weighted by Crippen LogP contribution is 2.31. The third kappa shape index (κ3) is 8.57. The number of benzene rings is 4. The zero-order chi connectivity index (χ0) is 31.7. The van der Waals surface area contributed by atoms with Gasteiger partial charge in [0.1, 0.15) is 18.9 Å². The highest BCUT2D eigenvalue weighted by Gasteiger charge is 2.27. The van der Waals surface area contributed by atoms with Crippen LogP contribution in [-0.4, -0.2) is 40.8 Å². The number of ether oxygens (including phenoxy) is 3. The van der Waals surface area contributed by atoms with Crippen molar-refractivity contribution in [3.05, 3.63) is 111 Å². The highest BCUT2D eigenvalue weighted by atomic mass is 35.5. The molecule has 4 rings (SSSR count). The normalized spacial score (nSPS) is 11.3. The number of hydrazone groups is 1. The molecule has 0 aliphatic heterocycles. The van der Waals surface area contributed by atoms with Crippen molar-refractivity contribution in [1.82, 2.24) is 5.43 Å². The molecule has 1 N–H and O–H groups in total. The summed E-state index contributed by atoms with van der Waals surface area (Å²) in [6, 6.07) is 22.3. The van der Waals surface area contributed by atoms with Crippen molar-refractivity contribution >= 4 is 62.6 Å². The van der Waals surface area contributed by atoms with E-state index in [1.165, 1.54) is 43.7 Å². The maximum Gasteiger partial charge on any atom is 0.264 e. The summed E-state index contributed by atoms with van der Waals surface area (Å²) in [7, 11) is -2.68. The minimum atomic E-state index is -4.15. The molecule has 0 heterocycles. The molecule has 0 fully saturated rings. The van der Waals surface area contributed by atoms with Crippen LogP contribution < -0.4 is 23.9 Å². The SMILES string of the molecule is CCOc1cc(/C=N\NC(=O)CN(c2cccc(Cl)c2)S(=O)(=O)c2ccc(OC)cc2)ccc1OCc1ccc(Cl)cc1Cl. The summed E-state index contributed by atoms with van der Waals surface area (Å²) < 4.78 is 44.9. The molecule has 230 valence electrons. The molecule has 0 aromatic heterocycles. The fraction of sp³-hybridized carbons (Fsp3) is 0.161. The Kier molecular flexibility index (Phi) is 11.4. The molecular weight excluding hydrogens is 649 g/mol. The zero-order valence-electron chi connectivity index (χ0n) is 23.7. The molecule has 44 heavy (non-hydrogen) atoms. The third-order valence-electron chi connectivity index (χ3n) is 6.10. The van der Waals surface area contributed by atoms with E-state index < -0.39 is 22.5 Å². The number of rotatable bonds is 13. The smallest absolute Gasteiger partial charge is 0.264 e. The van der Waals surface area contributed by atoms with E-state index in [2.05, 4.69) is 10.5 Å². The van der Waals surface area contributed by atoms with Crippen molar-refractivity contribution in [3.8, 4) is 17.2 Å². The Morgan fingerprint density at radius 1 is 0.909 bits per heavy atom. The summed E-state index contributed by atoms with van der Waals surface area (Å²) >= 11 is 18.4. The number of halogens is 3. The lowest BCUT2D eigenvalue weighted by atomic mass is 10.2. The lowest BCUT2D eigenvalue weighted by molar-refractivity contribution is -0.119. The molecule has 0 saturated carbocycles. The lowest BCUT2D eigenvalue weighted by Crippen LogP contribution is -2.39. The van der Waals surface area contributed by atoms with E-state index in [0.717, 1.165) is 9.87 Å². The van der Waals surface area contributed by atoms with E-state index in [1.54, 1.807) is 54.6 Å². The first kappa shape index (κ1) is 32.9. The molecule has 0 atom stereocenters. The van der Waals surface area contributed by atoms with Crippen LogP contribution in [0.5, 0.6) is 17.2 Å². The first-order valence-corrected chi connectivity index (χ1v) is 15.8. The topological polar surface area (TPSA) is 107 Å². The Morgan fingerprint density at radius 3 is 2.34 bits per heavy atom. The van der Waals surface area contributed by atoms with Gasteiger partial charge in [-0.25, -0.2) is 13.8 Å². The van der Waals surface area contributed by atoms with E-state index in [-0.39, 0.29) is 17.2 Å². The number of carbonyl (C=O) groups is 1. The van der Waals surface area contributed by atoms with E-state index >= 15 is 0 Å². The Bertz CT molecular complexity index is 1750. The van der Waals surface area contributed by atoms with Gasteiger partial charge >= 0.3 is 0 Å². The first-order chi connectivity index (χ1) is 21.1. The second-order valence-corrected chi connectivity index (χ2v) is 12.3. The summed E-state index contributed by atoms with van der Waals surface area (Å²) in [5.41, 5.74) is 3.95. The van der Waals surface area contributed by atoms with Gasteiger partial charge in [0.05, 0.1) is 30.5 Å². The van der Waals surface area contributed by atoms with E-state index in [1.807, 2.05) is 6.92 Å². The van der Waals surface area contributed by atoms with Crippen LogP contribution in [0.3, 0.4) is 0 Å². The molecule has 0 unspecified atom stereocenters. The summed E-state index contributed by atoms with van der Waals surface area (Å²) in [5.74, 6) is 0.761. The number of methoxy groups -OCH3 is 1. The maximum atomic E-state index is 13.6. The minimum absolute atomic E-state index is 0.0290. The Hall–Kier alpha value is -3.96. The second-order valence-electron chi connectivity index (χ2n) is 9.12. The second kappa shape index (κ2) is 15.2. The van der Waals surface area contributed by atoms with Crippen LogP contribution in [0.1, 0.15) is 18.1 Å². The predicted molar refractivity (Wildman–Crippen MR) is 173 cm³/mol. The van der Waals surface area contributed by atoms with Gasteiger partial charge in [-0.05, 0) is 85.3 Å². The number of nitrogens with one attached hydrogen (secondary N) is 1. The fourth-order valence-corrected chi connectivity index (χ4v) is 6.01. The van der Waals surface area contributed by atoms with E-state index in [0.29, 0.717) is 44.5 Å². The monoisotopic (exact) mass is 675 g/mol. The maximum absolute atomic E-state index is 13.6. The van der Waals surface area contributed by atoms with E-state index in [9.17, 15) is 13.2 Å². The summed E-state index contributed by atoms with van der Waals surface area (Å²) in [6.07, 6.45) is 1.40. The summed E-state index contributed by atoms with van der Waals surface area (Å²) in [4.78, 5) is 12.9. The molecule has 0 aliphatic rings. The van der Waals surface area contributed by atoms with Crippen LogP contribution in [0, 0.1) is 0 Å². The predicted octanol–water partition coefficient (Wildman–Crippen LogP) is 6.98. The number of amides is 1. The molecule has 4 aromatic carbocycles. The van der Waals surface area contributed by atoms with Crippen molar-refractivity contribution < 1.29 is 27.4 Å². The molecule has 4 aromatic rings. The van der Waals surface area contributed by atoms with Crippen molar-refractivity contribution in [2.45, 2.75) is 18.4 Å². The molecule has 13 heteroatoms. The zero-order valence-corrected chi connectivity index (χ0v) is 26.8. The molecule has 0 spiro atoms. The van der Waals surface area contributed by atoms with Crippen LogP contribution in [-0.2, 0) is 21.4 Å². The average Bonchev–Trinajstić information content (AvgIpc) is 3.00. The Morgan fingerprint density at radius 2 is 1.66 bits per heavy atom. The average molecular weight is 677 g/mol. The number of carbonyl (C=O) groups excluding carboxylic acids is 1. The summed E-state index contributed by atoms with van der Waals surface area (Å²) in [5, 5.41) is 5.34. The molecule has 0 saturated heterocycles. The van der Waals surface area contributed by atoms with Crippen LogP contribution in [0.4, 0.5) is 5.69 Å². The van der Waals surface area contributed by atoms with Crippen LogP contribution in [0.25, 0.3) is 0 Å². The van der Waals surface area contributed by atoms with Gasteiger partial charge in [-0.15, -0.1) is 0 Å². The van der Waals surface area contributed by atoms with Gasteiger partial charge in [-0.3, -0.25) is 9.10 Å². The van der Waals surface area contributed by atoms with Crippen LogP contribution in [0.15, 0.2) is 94.9 Å². The Balaban J connectivity index is 1.48. The molecule has 0 radical (unpaired) electrons. The number of hydrogen-bond acceptors (Lipinski definition) is 7. The van der Waals surface area contributed by atoms with Crippen molar-refractivity contribution in [1.29, 1.82) is 0 Å². The van der Waals surface area contributed by atoms with Gasteiger partial charge in [0, 0.05) is 20.6 Å². The molecular formula is C31H28Cl3N3O6S. The van der Waals surface area contributed by atoms with Crippen molar-refractivity contribution in [2.75, 3.05) is 24.6 Å². The van der Waals surface area contributed by atoms with Gasteiger partial charge in [-0.2, -0.15) is 5.10 Å². The fourth-order valence-electron chi connectivity index (χ4n) is 3.95. The van der Waals surface area contributed by atoms with Crippen molar-refractivity contribution in [2.24, 2.45) is 5.10 Å². The van der Waals surface area contributed by atoms with Crippen molar-refractivity contribution in [3.63, 3.8) is 0 Å². The highest BCUT2D eigenvalue weighted by molar-refractivity contribution is 7.92. The van der Waals surface area contributed by atoms with Gasteiger partial charge in [0.25, 0.3) is 15.9 Å². The van der Waals surface area contributed by atoms with Gasteiger partial charge < -0.3 is 14.2 Å². The standard InChI is InChI=1S/C31H28Cl3N3O6S/c1-3-42-30-15-21(7-14-29(30)43-20-22-8-9-24(33)17-28(22)34)18-35-36-31(38)19-37(25-6-4-5-23(32)16-25)44(39,40)27-12-10-26(41-2)11-13-27/h4-18H,3,19-20H2,1-2H3,(H,36,38)/b35-18-. The number of anilines is 1. The lowest BCUT2D eigenvalue weighted by Gasteiger charge is -2.24. The number of sulfonamides is 1. The minimum Gasteiger partial charge on any atom is -0.497 e. The Labute approximate surface area is 271 Å². The van der Waals surface area contributed by atoms with Gasteiger partial charge in [0.2, 0.25) is 0 Å². The molecule has 0 aliphatic carbocycles. The third-order valence-corrected chi connectivity index (χ3v) is 8.71. The van der Waals surface area contributed by atoms with Gasteiger partial charge in [0.15, 0.2) is 11.5 Å². The van der Waals surface area contributed by atoms with E-state index in [4.69, 9.17) is 49.0 Å². The quantitative estimate of drug-likeness (QED) is 0.121. The van der Waals surface area contributed by atoms with Gasteiger partial charge in [-0.1, -0.05) is 46.9 Å². The molecule has 9 nitrogen and oxygen atoms in total. The molecule has 0 bridgehead atoms.